The number of hydrogen-bond donors (Lipinski definition) is 2. The van der Waals surface area contributed by atoms with E-state index in [0.717, 1.165) is 5.56 Å². The molecule has 0 fully saturated rings. The summed E-state index contributed by atoms with van der Waals surface area (Å²) in [5.41, 5.74) is 0.893. The van der Waals surface area contributed by atoms with Gasteiger partial charge in [0.1, 0.15) is 6.04 Å². The predicted molar refractivity (Wildman–Crippen MR) is 67.8 cm³/mol. The number of rotatable bonds is 6. The molecule has 1 rings (SSSR count). The van der Waals surface area contributed by atoms with E-state index in [0.29, 0.717) is 0 Å². The fourth-order valence-electron chi connectivity index (χ4n) is 1.42. The minimum absolute atomic E-state index is 0.281. The van der Waals surface area contributed by atoms with Crippen LogP contribution in [-0.4, -0.2) is 31.5 Å². The van der Waals surface area contributed by atoms with E-state index in [4.69, 9.17) is 4.11 Å². The van der Waals surface area contributed by atoms with Gasteiger partial charge < -0.3 is 15.4 Å². The van der Waals surface area contributed by atoms with Crippen LogP contribution in [0, 0.1) is 0 Å². The van der Waals surface area contributed by atoms with Gasteiger partial charge >= 0.3 is 0 Å². The molecule has 0 aromatic heterocycles. The lowest BCUT2D eigenvalue weighted by atomic mass is 10.2. The normalized spacial score (nSPS) is 14.8. The first kappa shape index (κ1) is 10.1. The molecule has 0 unspecified atom stereocenters. The van der Waals surface area contributed by atoms with Crippen LogP contribution in [0.25, 0.3) is 0 Å². The van der Waals surface area contributed by atoms with Crippen LogP contribution in [-0.2, 0) is 20.9 Å². The minimum atomic E-state index is -2.61. The van der Waals surface area contributed by atoms with Crippen molar-refractivity contribution in [2.75, 3.05) is 13.6 Å². The van der Waals surface area contributed by atoms with Crippen molar-refractivity contribution in [1.82, 2.24) is 10.6 Å². The second-order valence-corrected chi connectivity index (χ2v) is 3.77. The first-order chi connectivity index (χ1) is 9.78. The summed E-state index contributed by atoms with van der Waals surface area (Å²) in [7, 11) is -2.61. The fourth-order valence-corrected chi connectivity index (χ4v) is 1.42. The SMILES string of the molecule is [2H]C([2H])([2H])OC[C@@H](NC(C)=O)C(=O)NCc1ccccc1. The zero-order valence-electron chi connectivity index (χ0n) is 13.1. The number of hydrogen-bond acceptors (Lipinski definition) is 3. The molecule has 0 aliphatic rings. The van der Waals surface area contributed by atoms with E-state index in [1.807, 2.05) is 30.3 Å². The molecule has 2 N–H and O–H groups in total. The summed E-state index contributed by atoms with van der Waals surface area (Å²) in [6.45, 7) is 1.10. The minimum Gasteiger partial charge on any atom is -0.382 e. The Morgan fingerprint density at radius 3 is 2.72 bits per heavy atom. The Morgan fingerprint density at radius 2 is 2.11 bits per heavy atom. The smallest absolute Gasteiger partial charge is 0.245 e. The Bertz CT molecular complexity index is 477. The van der Waals surface area contributed by atoms with Crippen molar-refractivity contribution >= 4 is 11.8 Å². The summed E-state index contributed by atoms with van der Waals surface area (Å²) >= 11 is 0. The van der Waals surface area contributed by atoms with Gasteiger partial charge in [-0.25, -0.2) is 0 Å². The molecule has 1 aromatic rings. The summed E-state index contributed by atoms with van der Waals surface area (Å²) in [4.78, 5) is 23.0. The molecular formula is C13H18N2O3. The zero-order valence-corrected chi connectivity index (χ0v) is 10.1. The van der Waals surface area contributed by atoms with E-state index >= 15 is 0 Å². The van der Waals surface area contributed by atoms with E-state index in [1.165, 1.54) is 6.92 Å². The van der Waals surface area contributed by atoms with E-state index in [-0.39, 0.29) is 6.54 Å². The Labute approximate surface area is 111 Å². The van der Waals surface area contributed by atoms with Crippen LogP contribution in [0.2, 0.25) is 0 Å². The van der Waals surface area contributed by atoms with Crippen molar-refractivity contribution < 1.29 is 18.4 Å². The number of carbonyl (C=O) groups excluding carboxylic acids is 2. The lowest BCUT2D eigenvalue weighted by Crippen LogP contribution is -2.48. The van der Waals surface area contributed by atoms with Gasteiger partial charge in [-0.15, -0.1) is 0 Å². The summed E-state index contributed by atoms with van der Waals surface area (Å²) in [5, 5.41) is 4.99. The maximum absolute atomic E-state index is 12.0. The van der Waals surface area contributed by atoms with E-state index in [9.17, 15) is 9.59 Å². The van der Waals surface area contributed by atoms with Crippen molar-refractivity contribution in [3.8, 4) is 0 Å². The molecule has 0 radical (unpaired) electrons. The molecule has 18 heavy (non-hydrogen) atoms. The van der Waals surface area contributed by atoms with Gasteiger partial charge in [0.15, 0.2) is 0 Å². The van der Waals surface area contributed by atoms with Crippen LogP contribution >= 0.6 is 0 Å². The second-order valence-electron chi connectivity index (χ2n) is 3.77. The van der Waals surface area contributed by atoms with Gasteiger partial charge in [-0.1, -0.05) is 30.3 Å². The predicted octanol–water partition coefficient (Wildman–Crippen LogP) is 0.454. The van der Waals surface area contributed by atoms with Crippen molar-refractivity contribution in [1.29, 1.82) is 0 Å². The van der Waals surface area contributed by atoms with E-state index in [2.05, 4.69) is 15.4 Å². The summed E-state index contributed by atoms with van der Waals surface area (Å²) in [6.07, 6.45) is 0. The molecular weight excluding hydrogens is 232 g/mol. The van der Waals surface area contributed by atoms with Crippen LogP contribution in [0.3, 0.4) is 0 Å². The van der Waals surface area contributed by atoms with Gasteiger partial charge in [-0.05, 0) is 5.56 Å². The number of carbonyl (C=O) groups is 2. The molecule has 1 atom stereocenters. The first-order valence-corrected chi connectivity index (χ1v) is 5.50. The number of methoxy groups -OCH3 is 1. The molecule has 0 saturated heterocycles. The van der Waals surface area contributed by atoms with Crippen molar-refractivity contribution in [2.45, 2.75) is 19.5 Å². The van der Waals surface area contributed by atoms with Gasteiger partial charge in [-0.2, -0.15) is 0 Å². The van der Waals surface area contributed by atoms with Crippen molar-refractivity contribution in [3.63, 3.8) is 0 Å². The molecule has 0 spiro atoms. The number of benzene rings is 1. The quantitative estimate of drug-likeness (QED) is 0.773. The van der Waals surface area contributed by atoms with Gasteiger partial charge in [-0.3, -0.25) is 9.59 Å². The highest BCUT2D eigenvalue weighted by Gasteiger charge is 2.18. The number of ether oxygens (including phenoxy) is 1. The highest BCUT2D eigenvalue weighted by molar-refractivity contribution is 5.86. The molecule has 0 aliphatic heterocycles. The standard InChI is InChI=1S/C13H18N2O3/c1-10(16)15-12(9-18-2)13(17)14-8-11-6-4-3-5-7-11/h3-7,12H,8-9H2,1-2H3,(H,14,17)(H,15,16)/t12-/m1/s1/i2D3. The lowest BCUT2D eigenvalue weighted by Gasteiger charge is -2.16. The lowest BCUT2D eigenvalue weighted by molar-refractivity contribution is -0.129. The average Bonchev–Trinajstić information content (AvgIpc) is 2.40. The number of amides is 2. The maximum atomic E-state index is 12.0. The Kier molecular flexibility index (Phi) is 4.17. The summed E-state index contributed by atoms with van der Waals surface area (Å²) in [5.74, 6) is -0.942. The fraction of sp³-hybridized carbons (Fsp3) is 0.385. The molecule has 0 heterocycles. The van der Waals surface area contributed by atoms with Gasteiger partial charge in [0, 0.05) is 20.5 Å². The highest BCUT2D eigenvalue weighted by atomic mass is 16.5. The summed E-state index contributed by atoms with van der Waals surface area (Å²) in [6, 6.07) is 8.16. The molecule has 5 heteroatoms. The maximum Gasteiger partial charge on any atom is 0.245 e. The highest BCUT2D eigenvalue weighted by Crippen LogP contribution is 1.97. The molecule has 1 aromatic carbocycles. The third-order valence-corrected chi connectivity index (χ3v) is 2.25. The average molecular weight is 253 g/mol. The Morgan fingerprint density at radius 1 is 1.39 bits per heavy atom. The second kappa shape index (κ2) is 7.45. The topological polar surface area (TPSA) is 67.4 Å². The molecule has 5 nitrogen and oxygen atoms in total. The Hall–Kier alpha value is -1.88. The third-order valence-electron chi connectivity index (χ3n) is 2.25. The first-order valence-electron chi connectivity index (χ1n) is 7.00. The molecule has 98 valence electrons. The van der Waals surface area contributed by atoms with Crippen LogP contribution in [0.5, 0.6) is 0 Å². The van der Waals surface area contributed by atoms with Crippen LogP contribution in [0.15, 0.2) is 30.3 Å². The van der Waals surface area contributed by atoms with Gasteiger partial charge in [0.05, 0.1) is 10.7 Å². The molecule has 0 aliphatic carbocycles. The molecule has 2 amide bonds. The van der Waals surface area contributed by atoms with Crippen molar-refractivity contribution in [3.05, 3.63) is 35.9 Å². The van der Waals surface area contributed by atoms with Gasteiger partial charge in [0.2, 0.25) is 11.8 Å². The van der Waals surface area contributed by atoms with Crippen LogP contribution in [0.4, 0.5) is 0 Å². The van der Waals surface area contributed by atoms with Crippen molar-refractivity contribution in [2.24, 2.45) is 0 Å². The third kappa shape index (κ3) is 4.97. The molecule has 0 saturated carbocycles. The number of nitrogens with one attached hydrogen (secondary N) is 2. The monoisotopic (exact) mass is 253 g/mol. The van der Waals surface area contributed by atoms with Crippen LogP contribution < -0.4 is 10.6 Å². The summed E-state index contributed by atoms with van der Waals surface area (Å²) < 4.78 is 25.4. The van der Waals surface area contributed by atoms with E-state index < -0.39 is 31.5 Å². The Balaban J connectivity index is 2.56. The molecule has 0 bridgehead atoms. The van der Waals surface area contributed by atoms with Gasteiger partial charge in [0.25, 0.3) is 0 Å². The van der Waals surface area contributed by atoms with Crippen LogP contribution in [0.1, 0.15) is 16.6 Å². The van der Waals surface area contributed by atoms with E-state index in [1.54, 1.807) is 0 Å². The largest absolute Gasteiger partial charge is 0.382 e. The zero-order chi connectivity index (χ0) is 15.9.